The SMILES string of the molecule is Cc1cc(C(=O)Cn2ncc(Cl)c(Cl)c2=O)c(C)n1C[C@@H]1COc2ccccc2O1. The van der Waals surface area contributed by atoms with Gasteiger partial charge in [-0.2, -0.15) is 5.10 Å². The molecule has 156 valence electrons. The Morgan fingerprint density at radius 3 is 2.73 bits per heavy atom. The van der Waals surface area contributed by atoms with Crippen LogP contribution in [0.1, 0.15) is 21.7 Å². The smallest absolute Gasteiger partial charge is 0.287 e. The number of Topliss-reactive ketones (excluding diaryl/α,β-unsaturated/α-hetero) is 1. The maximum atomic E-state index is 12.9. The van der Waals surface area contributed by atoms with Crippen molar-refractivity contribution in [1.29, 1.82) is 0 Å². The van der Waals surface area contributed by atoms with Crippen molar-refractivity contribution in [2.45, 2.75) is 33.0 Å². The van der Waals surface area contributed by atoms with Gasteiger partial charge in [-0.3, -0.25) is 9.59 Å². The molecule has 9 heteroatoms. The van der Waals surface area contributed by atoms with E-state index in [1.807, 2.05) is 42.7 Å². The molecule has 4 rings (SSSR count). The minimum absolute atomic E-state index is 0.0554. The van der Waals surface area contributed by atoms with Crippen LogP contribution in [0.15, 0.2) is 41.3 Å². The van der Waals surface area contributed by atoms with E-state index in [1.165, 1.54) is 6.20 Å². The lowest BCUT2D eigenvalue weighted by molar-refractivity contribution is 0.0777. The summed E-state index contributed by atoms with van der Waals surface area (Å²) < 4.78 is 14.8. The molecule has 2 aromatic heterocycles. The normalized spacial score (nSPS) is 15.3. The van der Waals surface area contributed by atoms with Gasteiger partial charge in [-0.1, -0.05) is 35.3 Å². The molecule has 0 radical (unpaired) electrons. The highest BCUT2D eigenvalue weighted by atomic mass is 35.5. The second-order valence-corrected chi connectivity index (χ2v) is 7.87. The predicted molar refractivity (Wildman–Crippen MR) is 113 cm³/mol. The number of benzene rings is 1. The number of rotatable bonds is 5. The first-order valence-electron chi connectivity index (χ1n) is 9.34. The van der Waals surface area contributed by atoms with E-state index in [4.69, 9.17) is 32.7 Å². The Morgan fingerprint density at radius 1 is 1.23 bits per heavy atom. The van der Waals surface area contributed by atoms with Gasteiger partial charge in [0.05, 0.1) is 17.8 Å². The molecular formula is C21H19Cl2N3O4. The monoisotopic (exact) mass is 447 g/mol. The lowest BCUT2D eigenvalue weighted by Crippen LogP contribution is -2.33. The molecule has 0 N–H and O–H groups in total. The molecule has 0 spiro atoms. The summed E-state index contributed by atoms with van der Waals surface area (Å²) >= 11 is 11.7. The van der Waals surface area contributed by atoms with Crippen molar-refractivity contribution in [2.24, 2.45) is 0 Å². The van der Waals surface area contributed by atoms with Crippen molar-refractivity contribution >= 4 is 29.0 Å². The number of aryl methyl sites for hydroxylation is 1. The summed E-state index contributed by atoms with van der Waals surface area (Å²) in [5.41, 5.74) is 1.61. The van der Waals surface area contributed by atoms with Crippen LogP contribution in [0.3, 0.4) is 0 Å². The third-order valence-electron chi connectivity index (χ3n) is 5.06. The second-order valence-electron chi connectivity index (χ2n) is 7.09. The number of fused-ring (bicyclic) bond motifs is 1. The summed E-state index contributed by atoms with van der Waals surface area (Å²) in [5.74, 6) is 1.19. The van der Waals surface area contributed by atoms with Gasteiger partial charge in [-0.05, 0) is 32.0 Å². The Kier molecular flexibility index (Phi) is 5.58. The summed E-state index contributed by atoms with van der Waals surface area (Å²) in [6.07, 6.45) is 1.06. The number of carbonyl (C=O) groups excluding carboxylic acids is 1. The molecule has 3 aromatic rings. The maximum absolute atomic E-state index is 12.9. The van der Waals surface area contributed by atoms with Crippen LogP contribution in [0.2, 0.25) is 10.0 Å². The molecule has 0 saturated heterocycles. The van der Waals surface area contributed by atoms with E-state index >= 15 is 0 Å². The average molecular weight is 448 g/mol. The number of ketones is 1. The fourth-order valence-corrected chi connectivity index (χ4v) is 3.77. The van der Waals surface area contributed by atoms with E-state index in [2.05, 4.69) is 5.10 Å². The van der Waals surface area contributed by atoms with Gasteiger partial charge in [0.15, 0.2) is 23.4 Å². The highest BCUT2D eigenvalue weighted by molar-refractivity contribution is 6.41. The van der Waals surface area contributed by atoms with Gasteiger partial charge >= 0.3 is 0 Å². The molecule has 1 atom stereocenters. The number of aromatic nitrogens is 3. The molecule has 0 bridgehead atoms. The summed E-state index contributed by atoms with van der Waals surface area (Å²) in [7, 11) is 0. The lowest BCUT2D eigenvalue weighted by atomic mass is 10.1. The van der Waals surface area contributed by atoms with Crippen molar-refractivity contribution in [3.05, 3.63) is 73.9 Å². The molecule has 3 heterocycles. The summed E-state index contributed by atoms with van der Waals surface area (Å²) in [5, 5.41) is 3.80. The molecular weight excluding hydrogens is 429 g/mol. The topological polar surface area (TPSA) is 75.4 Å². The fourth-order valence-electron chi connectivity index (χ4n) is 3.50. The fraction of sp³-hybridized carbons (Fsp3) is 0.286. The Labute approximate surface area is 182 Å². The number of halogens is 2. The van der Waals surface area contributed by atoms with E-state index < -0.39 is 5.56 Å². The first-order chi connectivity index (χ1) is 14.3. The average Bonchev–Trinajstić information content (AvgIpc) is 3.02. The molecule has 0 saturated carbocycles. The van der Waals surface area contributed by atoms with Crippen molar-refractivity contribution < 1.29 is 14.3 Å². The first kappa shape index (κ1) is 20.5. The maximum Gasteiger partial charge on any atom is 0.287 e. The Bertz CT molecular complexity index is 1190. The number of carbonyl (C=O) groups is 1. The molecule has 1 aromatic carbocycles. The highest BCUT2D eigenvalue weighted by Gasteiger charge is 2.24. The first-order valence-corrected chi connectivity index (χ1v) is 10.1. The van der Waals surface area contributed by atoms with E-state index in [1.54, 1.807) is 6.07 Å². The Balaban J connectivity index is 1.53. The molecule has 0 amide bonds. The van der Waals surface area contributed by atoms with Gasteiger partial charge in [-0.15, -0.1) is 0 Å². The van der Waals surface area contributed by atoms with Crippen LogP contribution in [-0.4, -0.2) is 32.8 Å². The molecule has 1 aliphatic heterocycles. The lowest BCUT2D eigenvalue weighted by Gasteiger charge is -2.27. The number of hydrogen-bond donors (Lipinski definition) is 0. The van der Waals surface area contributed by atoms with E-state index in [0.29, 0.717) is 24.5 Å². The minimum atomic E-state index is -0.599. The zero-order valence-corrected chi connectivity index (χ0v) is 17.9. The van der Waals surface area contributed by atoms with Crippen molar-refractivity contribution in [1.82, 2.24) is 14.3 Å². The minimum Gasteiger partial charge on any atom is -0.486 e. The standard InChI is InChI=1S/C21H19Cl2N3O4/c1-12-7-15(17(27)10-26-21(28)20(23)16(22)8-24-26)13(2)25(12)9-14-11-29-18-5-3-4-6-19(18)30-14/h3-8,14H,9-11H2,1-2H3/t14-/m1/s1. The molecule has 7 nitrogen and oxygen atoms in total. The van der Waals surface area contributed by atoms with Crippen LogP contribution in [0, 0.1) is 13.8 Å². The molecule has 30 heavy (non-hydrogen) atoms. The number of para-hydroxylation sites is 2. The Morgan fingerprint density at radius 2 is 1.97 bits per heavy atom. The van der Waals surface area contributed by atoms with Crippen molar-refractivity contribution in [3.8, 4) is 11.5 Å². The number of hydrogen-bond acceptors (Lipinski definition) is 5. The van der Waals surface area contributed by atoms with Crippen molar-refractivity contribution in [2.75, 3.05) is 6.61 Å². The van der Waals surface area contributed by atoms with E-state index in [9.17, 15) is 9.59 Å². The van der Waals surface area contributed by atoms with Gasteiger partial charge in [0.2, 0.25) is 0 Å². The van der Waals surface area contributed by atoms with Crippen LogP contribution in [0.4, 0.5) is 0 Å². The second kappa shape index (κ2) is 8.16. The largest absolute Gasteiger partial charge is 0.486 e. The predicted octanol–water partition coefficient (Wildman–Crippen LogP) is 3.69. The van der Waals surface area contributed by atoms with Gasteiger partial charge in [0.1, 0.15) is 18.2 Å². The van der Waals surface area contributed by atoms with Crippen molar-refractivity contribution in [3.63, 3.8) is 0 Å². The zero-order valence-electron chi connectivity index (χ0n) is 16.4. The molecule has 1 aliphatic rings. The summed E-state index contributed by atoms with van der Waals surface area (Å²) in [6, 6.07) is 9.33. The highest BCUT2D eigenvalue weighted by Crippen LogP contribution is 2.31. The van der Waals surface area contributed by atoms with Gasteiger partial charge in [0.25, 0.3) is 5.56 Å². The van der Waals surface area contributed by atoms with Crippen LogP contribution >= 0.6 is 23.2 Å². The van der Waals surface area contributed by atoms with Crippen LogP contribution in [0.25, 0.3) is 0 Å². The third kappa shape index (κ3) is 3.82. The van der Waals surface area contributed by atoms with E-state index in [-0.39, 0.29) is 28.5 Å². The van der Waals surface area contributed by atoms with Crippen LogP contribution in [-0.2, 0) is 13.1 Å². The number of nitrogens with zero attached hydrogens (tertiary/aromatic N) is 3. The van der Waals surface area contributed by atoms with Gasteiger partial charge in [-0.25, -0.2) is 4.68 Å². The molecule has 0 aliphatic carbocycles. The van der Waals surface area contributed by atoms with E-state index in [0.717, 1.165) is 21.8 Å². The van der Waals surface area contributed by atoms with Gasteiger partial charge in [0, 0.05) is 17.0 Å². The Hall–Kier alpha value is -2.77. The molecule has 0 unspecified atom stereocenters. The molecule has 0 fully saturated rings. The zero-order chi connectivity index (χ0) is 21.4. The number of ether oxygens (including phenoxy) is 2. The summed E-state index contributed by atoms with van der Waals surface area (Å²) in [4.78, 5) is 25.0. The van der Waals surface area contributed by atoms with Gasteiger partial charge < -0.3 is 14.0 Å². The van der Waals surface area contributed by atoms with Crippen LogP contribution in [0.5, 0.6) is 11.5 Å². The quantitative estimate of drug-likeness (QED) is 0.557. The summed E-state index contributed by atoms with van der Waals surface area (Å²) in [6.45, 7) is 4.51. The van der Waals surface area contributed by atoms with Crippen LogP contribution < -0.4 is 15.0 Å². The third-order valence-corrected chi connectivity index (χ3v) is 5.81.